The fourth-order valence-electron chi connectivity index (χ4n) is 1.27. The second-order valence-electron chi connectivity index (χ2n) is 2.95. The molecule has 14 heavy (non-hydrogen) atoms. The van der Waals surface area contributed by atoms with Gasteiger partial charge in [0.2, 0.25) is 0 Å². The lowest BCUT2D eigenvalue weighted by Gasteiger charge is -2.09. The van der Waals surface area contributed by atoms with Gasteiger partial charge in [0, 0.05) is 21.2 Å². The molecule has 76 valence electrons. The molecule has 0 aliphatic carbocycles. The Morgan fingerprint density at radius 3 is 2.93 bits per heavy atom. The molecule has 2 N–H and O–H groups in total. The van der Waals surface area contributed by atoms with E-state index in [-0.39, 0.29) is 5.37 Å². The zero-order valence-electron chi connectivity index (χ0n) is 7.07. The highest BCUT2D eigenvalue weighted by atomic mass is 79.9. The van der Waals surface area contributed by atoms with E-state index < -0.39 is 12.0 Å². The third kappa shape index (κ3) is 1.98. The van der Waals surface area contributed by atoms with Gasteiger partial charge in [-0.25, -0.2) is 0 Å². The van der Waals surface area contributed by atoms with Crippen molar-refractivity contribution in [3.8, 4) is 0 Å². The summed E-state index contributed by atoms with van der Waals surface area (Å²) in [6.45, 7) is 0. The molecule has 1 unspecified atom stereocenters. The molecule has 1 aromatic heterocycles. The molecule has 2 rings (SSSR count). The maximum atomic E-state index is 10.7. The van der Waals surface area contributed by atoms with E-state index in [1.165, 1.54) is 0 Å². The van der Waals surface area contributed by atoms with Crippen LogP contribution in [0.4, 0.5) is 0 Å². The van der Waals surface area contributed by atoms with Gasteiger partial charge in [0.1, 0.15) is 6.04 Å². The number of hydrogen-bond acceptors (Lipinski definition) is 4. The number of carboxylic acids is 1. The fourth-order valence-corrected chi connectivity index (χ4v) is 4.32. The highest BCUT2D eigenvalue weighted by Gasteiger charge is 2.31. The molecule has 1 aliphatic rings. The minimum absolute atomic E-state index is 0.108. The number of halogens is 1. The molecule has 6 heteroatoms. The van der Waals surface area contributed by atoms with Crippen LogP contribution in [0.2, 0.25) is 0 Å². The molecule has 0 saturated carbocycles. The lowest BCUT2D eigenvalue weighted by molar-refractivity contribution is -0.138. The molecule has 0 spiro atoms. The van der Waals surface area contributed by atoms with E-state index in [0.717, 1.165) is 10.0 Å². The van der Waals surface area contributed by atoms with Crippen LogP contribution in [0.15, 0.2) is 15.2 Å². The van der Waals surface area contributed by atoms with E-state index in [9.17, 15) is 4.79 Å². The first-order valence-corrected chi connectivity index (χ1v) is 6.79. The first-order chi connectivity index (χ1) is 6.68. The summed E-state index contributed by atoms with van der Waals surface area (Å²) >= 11 is 6.69. The van der Waals surface area contributed by atoms with E-state index in [4.69, 9.17) is 5.11 Å². The second kappa shape index (κ2) is 4.22. The van der Waals surface area contributed by atoms with Crippen LogP contribution in [-0.4, -0.2) is 22.9 Å². The summed E-state index contributed by atoms with van der Waals surface area (Å²) in [6.07, 6.45) is 0. The summed E-state index contributed by atoms with van der Waals surface area (Å²) in [7, 11) is 0. The quantitative estimate of drug-likeness (QED) is 0.878. The Morgan fingerprint density at radius 1 is 1.64 bits per heavy atom. The molecule has 0 aromatic carbocycles. The van der Waals surface area contributed by atoms with Crippen LogP contribution in [0.5, 0.6) is 0 Å². The van der Waals surface area contributed by atoms with Gasteiger partial charge in [0.25, 0.3) is 0 Å². The van der Waals surface area contributed by atoms with Crippen LogP contribution < -0.4 is 5.32 Å². The standard InChI is InChI=1S/C8H8BrNO2S2/c9-5-2-13-1-4(5)7-10-6(3-14-7)8(11)12/h1-2,6-7,10H,3H2,(H,11,12)/t6-,7?/m1/s1. The summed E-state index contributed by atoms with van der Waals surface area (Å²) in [5.41, 5.74) is 1.14. The maximum Gasteiger partial charge on any atom is 0.321 e. The summed E-state index contributed by atoms with van der Waals surface area (Å²) in [4.78, 5) is 10.7. The highest BCUT2D eigenvalue weighted by Crippen LogP contribution is 2.38. The minimum atomic E-state index is -0.772. The van der Waals surface area contributed by atoms with Crippen LogP contribution in [0.3, 0.4) is 0 Å². The van der Waals surface area contributed by atoms with Gasteiger partial charge in [-0.1, -0.05) is 0 Å². The average molecular weight is 294 g/mol. The van der Waals surface area contributed by atoms with Crippen molar-refractivity contribution in [1.29, 1.82) is 0 Å². The number of thiophene rings is 1. The van der Waals surface area contributed by atoms with E-state index >= 15 is 0 Å². The Hall–Kier alpha value is -0.0400. The molecule has 2 atom stereocenters. The van der Waals surface area contributed by atoms with Crippen LogP contribution in [0.25, 0.3) is 0 Å². The number of rotatable bonds is 2. The summed E-state index contributed by atoms with van der Waals surface area (Å²) < 4.78 is 1.05. The monoisotopic (exact) mass is 293 g/mol. The number of thioether (sulfide) groups is 1. The smallest absolute Gasteiger partial charge is 0.321 e. The van der Waals surface area contributed by atoms with Crippen molar-refractivity contribution in [1.82, 2.24) is 5.32 Å². The fraction of sp³-hybridized carbons (Fsp3) is 0.375. The number of carbonyl (C=O) groups is 1. The number of aliphatic carboxylic acids is 1. The van der Waals surface area contributed by atoms with E-state index in [0.29, 0.717) is 5.75 Å². The Kier molecular flexibility index (Phi) is 3.16. The van der Waals surface area contributed by atoms with Crippen LogP contribution in [-0.2, 0) is 4.79 Å². The molecule has 0 amide bonds. The SMILES string of the molecule is O=C(O)[C@H]1CSC(c2cscc2Br)N1. The normalized spacial score (nSPS) is 26.6. The first kappa shape index (κ1) is 10.5. The topological polar surface area (TPSA) is 49.3 Å². The number of nitrogens with one attached hydrogen (secondary N) is 1. The van der Waals surface area contributed by atoms with Crippen molar-refractivity contribution in [2.24, 2.45) is 0 Å². The van der Waals surface area contributed by atoms with Crippen molar-refractivity contribution >= 4 is 45.0 Å². The molecule has 1 aromatic rings. The minimum Gasteiger partial charge on any atom is -0.480 e. The van der Waals surface area contributed by atoms with Gasteiger partial charge >= 0.3 is 5.97 Å². The van der Waals surface area contributed by atoms with Gasteiger partial charge in [-0.15, -0.1) is 11.8 Å². The largest absolute Gasteiger partial charge is 0.480 e. The summed E-state index contributed by atoms with van der Waals surface area (Å²) in [5, 5.41) is 16.0. The molecule has 1 aliphatic heterocycles. The molecule has 2 heterocycles. The van der Waals surface area contributed by atoms with Gasteiger partial charge in [-0.2, -0.15) is 11.3 Å². The predicted molar refractivity (Wildman–Crippen MR) is 61.8 cm³/mol. The predicted octanol–water partition coefficient (Wildman–Crippen LogP) is 2.30. The van der Waals surface area contributed by atoms with E-state index in [1.54, 1.807) is 23.1 Å². The molecule has 3 nitrogen and oxygen atoms in total. The Labute approximate surface area is 98.0 Å². The van der Waals surface area contributed by atoms with Crippen LogP contribution in [0.1, 0.15) is 10.9 Å². The summed E-state index contributed by atoms with van der Waals surface area (Å²) in [5.74, 6) is -0.145. The average Bonchev–Trinajstić information content (AvgIpc) is 2.71. The lowest BCUT2D eigenvalue weighted by atomic mass is 10.3. The van der Waals surface area contributed by atoms with Gasteiger partial charge in [0.05, 0.1) is 5.37 Å². The van der Waals surface area contributed by atoms with Crippen molar-refractivity contribution in [3.05, 3.63) is 20.8 Å². The van der Waals surface area contributed by atoms with Crippen molar-refractivity contribution in [2.75, 3.05) is 5.75 Å². The lowest BCUT2D eigenvalue weighted by Crippen LogP contribution is -2.33. The Bertz CT molecular complexity index is 355. The zero-order valence-corrected chi connectivity index (χ0v) is 10.3. The molecule has 0 radical (unpaired) electrons. The molecule has 0 bridgehead atoms. The van der Waals surface area contributed by atoms with E-state index in [2.05, 4.69) is 21.2 Å². The van der Waals surface area contributed by atoms with Crippen molar-refractivity contribution < 1.29 is 9.90 Å². The third-order valence-corrected chi connectivity index (χ3v) is 5.01. The van der Waals surface area contributed by atoms with Gasteiger partial charge in [0.15, 0.2) is 0 Å². The first-order valence-electron chi connectivity index (χ1n) is 4.00. The molecule has 1 fully saturated rings. The Morgan fingerprint density at radius 2 is 2.43 bits per heavy atom. The highest BCUT2D eigenvalue weighted by molar-refractivity contribution is 9.10. The molecule has 1 saturated heterocycles. The van der Waals surface area contributed by atoms with Crippen molar-refractivity contribution in [3.63, 3.8) is 0 Å². The third-order valence-electron chi connectivity index (χ3n) is 2.00. The molecular weight excluding hydrogens is 286 g/mol. The van der Waals surface area contributed by atoms with Gasteiger partial charge in [-0.05, 0) is 21.3 Å². The zero-order chi connectivity index (χ0) is 10.1. The second-order valence-corrected chi connectivity index (χ2v) is 5.68. The van der Waals surface area contributed by atoms with Crippen molar-refractivity contribution in [2.45, 2.75) is 11.4 Å². The number of hydrogen-bond donors (Lipinski definition) is 2. The van der Waals surface area contributed by atoms with E-state index in [1.807, 2.05) is 10.8 Å². The maximum absolute atomic E-state index is 10.7. The number of carboxylic acid groups (broad SMARTS) is 1. The molecular formula is C8H8BrNO2S2. The van der Waals surface area contributed by atoms with Crippen LogP contribution >= 0.6 is 39.0 Å². The summed E-state index contributed by atoms with van der Waals surface area (Å²) in [6, 6.07) is -0.420. The van der Waals surface area contributed by atoms with Gasteiger partial charge < -0.3 is 5.11 Å². The Balaban J connectivity index is 2.10. The van der Waals surface area contributed by atoms with Crippen LogP contribution in [0, 0.1) is 0 Å². The van der Waals surface area contributed by atoms with Gasteiger partial charge in [-0.3, -0.25) is 10.1 Å².